The zero-order valence-electron chi connectivity index (χ0n) is 17.1. The van der Waals surface area contributed by atoms with Crippen molar-refractivity contribution in [3.05, 3.63) is 60.7 Å². The smallest absolute Gasteiger partial charge is 0.386 e. The molecule has 0 saturated carbocycles. The normalized spacial score (nSPS) is 13.0. The monoisotopic (exact) mass is 418 g/mol. The van der Waals surface area contributed by atoms with Gasteiger partial charge < -0.3 is 19.7 Å². The van der Waals surface area contributed by atoms with Gasteiger partial charge in [0.1, 0.15) is 0 Å². The van der Waals surface area contributed by atoms with Gasteiger partial charge in [0.15, 0.2) is 16.6 Å². The van der Waals surface area contributed by atoms with Crippen molar-refractivity contribution in [2.75, 3.05) is 13.1 Å². The Hall–Kier alpha value is -1.07. The second-order valence-corrected chi connectivity index (χ2v) is 20.2. The van der Waals surface area contributed by atoms with Crippen molar-refractivity contribution in [3.8, 4) is 0 Å². The first-order chi connectivity index (χ1) is 12.7. The van der Waals surface area contributed by atoms with Gasteiger partial charge >= 0.3 is 8.56 Å². The van der Waals surface area contributed by atoms with Gasteiger partial charge in [0, 0.05) is 0 Å². The number of hydrogen-bond donors (Lipinski definition) is 2. The van der Waals surface area contributed by atoms with Crippen LogP contribution in [0.15, 0.2) is 60.7 Å². The number of benzene rings is 2. The first-order valence-corrected chi connectivity index (χ1v) is 17.7. The zero-order valence-corrected chi connectivity index (χ0v) is 20.1. The van der Waals surface area contributed by atoms with Crippen LogP contribution in [0.5, 0.6) is 0 Å². The predicted octanol–water partition coefficient (Wildman–Crippen LogP) is 2.60. The minimum atomic E-state index is -2.88. The molecule has 0 radical (unpaired) electrons. The van der Waals surface area contributed by atoms with Gasteiger partial charge in [0.05, 0.1) is 0 Å². The third-order valence-corrected chi connectivity index (χ3v) is 16.5. The van der Waals surface area contributed by atoms with E-state index in [-0.39, 0.29) is 0 Å². The molecule has 2 rings (SSSR count). The molecular formula is C20H34N2O2Si3. The van der Waals surface area contributed by atoms with Crippen LogP contribution in [0.25, 0.3) is 0 Å². The van der Waals surface area contributed by atoms with Crippen molar-refractivity contribution in [2.45, 2.75) is 38.3 Å². The molecule has 0 fully saturated rings. The van der Waals surface area contributed by atoms with Crippen LogP contribution in [0.3, 0.4) is 0 Å². The quantitative estimate of drug-likeness (QED) is 0.582. The van der Waals surface area contributed by atoms with Crippen LogP contribution in [0.1, 0.15) is 0 Å². The van der Waals surface area contributed by atoms with Crippen LogP contribution in [0.4, 0.5) is 0 Å². The Morgan fingerprint density at radius 1 is 0.630 bits per heavy atom. The number of hydrogen-bond acceptors (Lipinski definition) is 4. The molecule has 27 heavy (non-hydrogen) atoms. The lowest BCUT2D eigenvalue weighted by atomic mass is 10.4. The van der Waals surface area contributed by atoms with Gasteiger partial charge in [0.25, 0.3) is 0 Å². The van der Waals surface area contributed by atoms with E-state index in [0.717, 1.165) is 22.5 Å². The summed E-state index contributed by atoms with van der Waals surface area (Å²) in [5.41, 5.74) is 11.8. The minimum absolute atomic E-state index is 0.636. The van der Waals surface area contributed by atoms with Crippen LogP contribution in [0, 0.1) is 0 Å². The second kappa shape index (κ2) is 9.42. The van der Waals surface area contributed by atoms with Crippen LogP contribution >= 0.6 is 0 Å². The summed E-state index contributed by atoms with van der Waals surface area (Å²) in [4.78, 5) is 0. The van der Waals surface area contributed by atoms with E-state index in [1.807, 2.05) is 12.1 Å². The lowest BCUT2D eigenvalue weighted by molar-refractivity contribution is 0.406. The lowest BCUT2D eigenvalue weighted by Crippen LogP contribution is -2.70. The van der Waals surface area contributed by atoms with Crippen molar-refractivity contribution >= 4 is 35.6 Å². The molecule has 2 aromatic carbocycles. The van der Waals surface area contributed by atoms with Crippen molar-refractivity contribution < 1.29 is 8.23 Å². The third-order valence-electron chi connectivity index (χ3n) is 4.64. The third kappa shape index (κ3) is 5.95. The van der Waals surface area contributed by atoms with Gasteiger partial charge in [-0.05, 0) is 61.7 Å². The maximum Gasteiger partial charge on any atom is 0.386 e. The van der Waals surface area contributed by atoms with Gasteiger partial charge in [-0.2, -0.15) is 0 Å². The van der Waals surface area contributed by atoms with E-state index in [4.69, 9.17) is 19.7 Å². The minimum Gasteiger partial charge on any atom is -0.430 e. The van der Waals surface area contributed by atoms with E-state index in [1.165, 1.54) is 0 Å². The summed E-state index contributed by atoms with van der Waals surface area (Å²) in [6, 6.07) is 22.8. The Bertz CT molecular complexity index is 635. The van der Waals surface area contributed by atoms with E-state index in [9.17, 15) is 0 Å². The van der Waals surface area contributed by atoms with E-state index < -0.39 is 25.2 Å². The highest BCUT2D eigenvalue weighted by Gasteiger charge is 2.49. The van der Waals surface area contributed by atoms with E-state index in [2.05, 4.69) is 74.7 Å². The van der Waals surface area contributed by atoms with Crippen LogP contribution in [-0.4, -0.2) is 38.3 Å². The number of rotatable bonds is 10. The summed E-state index contributed by atoms with van der Waals surface area (Å²) in [5, 5.41) is 2.32. The lowest BCUT2D eigenvalue weighted by Gasteiger charge is -2.43. The Labute approximate surface area is 167 Å². The fraction of sp³-hybridized carbons (Fsp3) is 0.400. The first kappa shape index (κ1) is 22.2. The number of nitrogens with two attached hydrogens (primary N) is 2. The summed E-state index contributed by atoms with van der Waals surface area (Å²) in [6.45, 7) is 10.2. The molecule has 4 nitrogen and oxygen atoms in total. The van der Waals surface area contributed by atoms with Gasteiger partial charge in [0.2, 0.25) is 0 Å². The highest BCUT2D eigenvalue weighted by Crippen LogP contribution is 2.24. The largest absolute Gasteiger partial charge is 0.430 e. The molecule has 2 aromatic rings. The molecule has 0 aliphatic carbocycles. The average Bonchev–Trinajstić information content (AvgIpc) is 2.62. The molecule has 0 saturated heterocycles. The van der Waals surface area contributed by atoms with Gasteiger partial charge in [-0.1, -0.05) is 60.7 Å². The molecule has 0 unspecified atom stereocenters. The molecule has 0 aromatic heterocycles. The summed E-state index contributed by atoms with van der Waals surface area (Å²) in [5.74, 6) is 0. The summed E-state index contributed by atoms with van der Waals surface area (Å²) >= 11 is 0. The van der Waals surface area contributed by atoms with Crippen LogP contribution in [-0.2, 0) is 8.23 Å². The standard InChI is InChI=1S/C20H34N2O2Si3/c1-25(2,17-15-21)23-27(19-11-7-5-8-12-19,20-13-9-6-10-14-20)24-26(3,4)18-16-22/h5-14H,15-18,21-22H2,1-4H3. The summed E-state index contributed by atoms with van der Waals surface area (Å²) in [7, 11) is -6.93. The van der Waals surface area contributed by atoms with Crippen molar-refractivity contribution in [1.29, 1.82) is 0 Å². The molecule has 0 spiro atoms. The van der Waals surface area contributed by atoms with Crippen LogP contribution in [0.2, 0.25) is 38.3 Å². The predicted molar refractivity (Wildman–Crippen MR) is 123 cm³/mol. The second-order valence-electron chi connectivity index (χ2n) is 8.15. The summed E-state index contributed by atoms with van der Waals surface area (Å²) < 4.78 is 14.2. The Morgan fingerprint density at radius 2 is 0.963 bits per heavy atom. The van der Waals surface area contributed by atoms with Crippen molar-refractivity contribution in [3.63, 3.8) is 0 Å². The van der Waals surface area contributed by atoms with Gasteiger partial charge in [-0.15, -0.1) is 0 Å². The molecule has 0 atom stereocenters. The fourth-order valence-electron chi connectivity index (χ4n) is 3.31. The molecule has 148 valence electrons. The molecule has 0 bridgehead atoms. The molecular weight excluding hydrogens is 384 g/mol. The topological polar surface area (TPSA) is 70.5 Å². The summed E-state index contributed by atoms with van der Waals surface area (Å²) in [6.07, 6.45) is 0. The van der Waals surface area contributed by atoms with E-state index in [1.54, 1.807) is 0 Å². The molecule has 0 aliphatic heterocycles. The van der Waals surface area contributed by atoms with E-state index >= 15 is 0 Å². The average molecular weight is 419 g/mol. The van der Waals surface area contributed by atoms with Crippen molar-refractivity contribution in [2.24, 2.45) is 11.5 Å². The van der Waals surface area contributed by atoms with Gasteiger partial charge in [-0.25, -0.2) is 0 Å². The fourth-order valence-corrected chi connectivity index (χ4v) is 15.8. The zero-order chi connectivity index (χ0) is 20.0. The maximum atomic E-state index is 7.09. The molecule has 7 heteroatoms. The molecule has 0 aliphatic rings. The Morgan fingerprint density at radius 3 is 1.26 bits per heavy atom. The first-order valence-electron chi connectivity index (χ1n) is 9.66. The molecule has 0 amide bonds. The Balaban J connectivity index is 2.65. The SMILES string of the molecule is C[Si](C)(CCN)O[Si](O[Si](C)(C)CCN)(c1ccccc1)c1ccccc1. The van der Waals surface area contributed by atoms with Gasteiger partial charge in [-0.3, -0.25) is 0 Å². The van der Waals surface area contributed by atoms with Crippen LogP contribution < -0.4 is 21.8 Å². The van der Waals surface area contributed by atoms with Crippen molar-refractivity contribution in [1.82, 2.24) is 0 Å². The highest BCUT2D eigenvalue weighted by molar-refractivity contribution is 7.02. The van der Waals surface area contributed by atoms with E-state index in [0.29, 0.717) is 13.1 Å². The molecule has 4 N–H and O–H groups in total. The maximum absolute atomic E-state index is 7.09. The molecule has 0 heterocycles. The highest BCUT2D eigenvalue weighted by atomic mass is 28.5. The Kier molecular flexibility index (Phi) is 7.75.